The topological polar surface area (TPSA) is 0 Å². The highest BCUT2D eigenvalue weighted by molar-refractivity contribution is 5.64. The first kappa shape index (κ1) is 15.3. The van der Waals surface area contributed by atoms with Crippen LogP contribution in [0.3, 0.4) is 0 Å². The van der Waals surface area contributed by atoms with E-state index in [0.717, 1.165) is 22.8 Å². The summed E-state index contributed by atoms with van der Waals surface area (Å²) in [5.41, 5.74) is 3.20. The first-order valence-corrected chi connectivity index (χ1v) is 7.41. The van der Waals surface area contributed by atoms with Crippen LogP contribution in [-0.4, -0.2) is 0 Å². The highest BCUT2D eigenvalue weighted by Gasteiger charge is 2.05. The molecular weight excluding hydrogens is 297 g/mol. The zero-order valence-corrected chi connectivity index (χ0v) is 12.4. The van der Waals surface area contributed by atoms with E-state index in [2.05, 4.69) is 0 Å². The van der Waals surface area contributed by atoms with E-state index in [0.29, 0.717) is 18.4 Å². The van der Waals surface area contributed by atoms with Crippen molar-refractivity contribution in [3.05, 3.63) is 95.3 Å². The molecule has 3 heteroatoms. The molecule has 3 rings (SSSR count). The molecular formula is C20H15F3. The van der Waals surface area contributed by atoms with Crippen LogP contribution in [0.15, 0.2) is 66.7 Å². The molecule has 0 aliphatic heterocycles. The highest BCUT2D eigenvalue weighted by Crippen LogP contribution is 2.23. The van der Waals surface area contributed by atoms with Gasteiger partial charge < -0.3 is 0 Å². The molecule has 0 amide bonds. The van der Waals surface area contributed by atoms with Crippen LogP contribution in [0.4, 0.5) is 13.2 Å². The van der Waals surface area contributed by atoms with Gasteiger partial charge in [0.25, 0.3) is 0 Å². The molecule has 3 aromatic rings. The molecule has 0 nitrogen and oxygen atoms in total. The van der Waals surface area contributed by atoms with Gasteiger partial charge in [-0.15, -0.1) is 0 Å². The molecule has 0 heterocycles. The molecule has 0 saturated heterocycles. The Morgan fingerprint density at radius 1 is 0.565 bits per heavy atom. The summed E-state index contributed by atoms with van der Waals surface area (Å²) in [7, 11) is 0. The summed E-state index contributed by atoms with van der Waals surface area (Å²) in [6, 6.07) is 18.2. The number of benzene rings is 3. The van der Waals surface area contributed by atoms with Gasteiger partial charge in [0.15, 0.2) is 11.6 Å². The maximum Gasteiger partial charge on any atom is 0.159 e. The maximum absolute atomic E-state index is 13.7. The fourth-order valence-corrected chi connectivity index (χ4v) is 2.53. The number of aryl methyl sites for hydroxylation is 2. The van der Waals surface area contributed by atoms with Crippen LogP contribution in [-0.2, 0) is 12.8 Å². The van der Waals surface area contributed by atoms with E-state index in [1.165, 1.54) is 12.1 Å². The van der Waals surface area contributed by atoms with Crippen molar-refractivity contribution in [2.75, 3.05) is 0 Å². The Morgan fingerprint density at radius 2 is 1.22 bits per heavy atom. The van der Waals surface area contributed by atoms with Crippen LogP contribution < -0.4 is 0 Å². The van der Waals surface area contributed by atoms with Crippen molar-refractivity contribution in [2.24, 2.45) is 0 Å². The second-order valence-electron chi connectivity index (χ2n) is 5.43. The molecule has 0 aliphatic rings. The number of rotatable bonds is 4. The largest absolute Gasteiger partial charge is 0.206 e. The van der Waals surface area contributed by atoms with E-state index < -0.39 is 11.6 Å². The zero-order valence-electron chi connectivity index (χ0n) is 12.4. The van der Waals surface area contributed by atoms with Crippen LogP contribution in [0.2, 0.25) is 0 Å². The molecule has 116 valence electrons. The number of halogens is 3. The minimum Gasteiger partial charge on any atom is -0.206 e. The van der Waals surface area contributed by atoms with Crippen LogP contribution in [0.25, 0.3) is 11.1 Å². The van der Waals surface area contributed by atoms with E-state index >= 15 is 0 Å². The van der Waals surface area contributed by atoms with Crippen molar-refractivity contribution in [2.45, 2.75) is 12.8 Å². The van der Waals surface area contributed by atoms with Gasteiger partial charge in [0, 0.05) is 5.56 Å². The van der Waals surface area contributed by atoms with Crippen molar-refractivity contribution < 1.29 is 13.2 Å². The number of hydrogen-bond acceptors (Lipinski definition) is 0. The lowest BCUT2D eigenvalue weighted by Crippen LogP contribution is -1.94. The molecule has 0 atom stereocenters. The third kappa shape index (κ3) is 3.62. The third-order valence-corrected chi connectivity index (χ3v) is 3.83. The molecule has 0 radical (unpaired) electrons. The molecule has 0 N–H and O–H groups in total. The van der Waals surface area contributed by atoms with Crippen molar-refractivity contribution in [3.63, 3.8) is 0 Å². The Hall–Kier alpha value is -2.55. The lowest BCUT2D eigenvalue weighted by molar-refractivity contribution is 0.507. The minimum atomic E-state index is -0.831. The predicted molar refractivity (Wildman–Crippen MR) is 85.6 cm³/mol. The van der Waals surface area contributed by atoms with E-state index in [1.54, 1.807) is 24.3 Å². The normalized spacial score (nSPS) is 10.7. The molecule has 0 aromatic heterocycles. The Bertz CT molecular complexity index is 807. The van der Waals surface area contributed by atoms with Crippen molar-refractivity contribution in [3.8, 4) is 11.1 Å². The average molecular weight is 312 g/mol. The van der Waals surface area contributed by atoms with Gasteiger partial charge >= 0.3 is 0 Å². The third-order valence-electron chi connectivity index (χ3n) is 3.83. The summed E-state index contributed by atoms with van der Waals surface area (Å²) in [5.74, 6) is -1.90. The van der Waals surface area contributed by atoms with Gasteiger partial charge in [0.2, 0.25) is 0 Å². The summed E-state index contributed by atoms with van der Waals surface area (Å²) in [6.45, 7) is 0. The molecule has 0 unspecified atom stereocenters. The van der Waals surface area contributed by atoms with Gasteiger partial charge in [0.05, 0.1) is 0 Å². The van der Waals surface area contributed by atoms with E-state index in [4.69, 9.17) is 0 Å². The summed E-state index contributed by atoms with van der Waals surface area (Å²) in [4.78, 5) is 0. The van der Waals surface area contributed by atoms with E-state index in [-0.39, 0.29) is 5.82 Å². The van der Waals surface area contributed by atoms with Crippen molar-refractivity contribution in [1.29, 1.82) is 0 Å². The number of hydrogen-bond donors (Lipinski definition) is 0. The smallest absolute Gasteiger partial charge is 0.159 e. The molecule has 0 bridgehead atoms. The Balaban J connectivity index is 1.70. The lowest BCUT2D eigenvalue weighted by atomic mass is 10.00. The summed E-state index contributed by atoms with van der Waals surface area (Å²) in [5, 5.41) is 0. The molecule has 23 heavy (non-hydrogen) atoms. The fourth-order valence-electron chi connectivity index (χ4n) is 2.53. The van der Waals surface area contributed by atoms with Crippen LogP contribution in [0.5, 0.6) is 0 Å². The standard InChI is InChI=1S/C20H15F3/c21-18-4-2-1-3-17(18)16-10-7-14(8-11-16)5-6-15-9-12-19(22)20(23)13-15/h1-4,7-13H,5-6H2. The van der Waals surface area contributed by atoms with Crippen LogP contribution in [0.1, 0.15) is 11.1 Å². The summed E-state index contributed by atoms with van der Waals surface area (Å²) >= 11 is 0. The van der Waals surface area contributed by atoms with Gasteiger partial charge in [-0.05, 0) is 47.7 Å². The average Bonchev–Trinajstić information content (AvgIpc) is 2.57. The molecule has 3 aromatic carbocycles. The van der Waals surface area contributed by atoms with Crippen molar-refractivity contribution >= 4 is 0 Å². The fraction of sp³-hybridized carbons (Fsp3) is 0.100. The van der Waals surface area contributed by atoms with Gasteiger partial charge in [0.1, 0.15) is 5.82 Å². The Morgan fingerprint density at radius 3 is 1.91 bits per heavy atom. The molecule has 0 spiro atoms. The molecule has 0 saturated carbocycles. The summed E-state index contributed by atoms with van der Waals surface area (Å²) < 4.78 is 39.8. The van der Waals surface area contributed by atoms with E-state index in [9.17, 15) is 13.2 Å². The van der Waals surface area contributed by atoms with Gasteiger partial charge in [-0.3, -0.25) is 0 Å². The lowest BCUT2D eigenvalue weighted by Gasteiger charge is -2.06. The summed E-state index contributed by atoms with van der Waals surface area (Å²) in [6.07, 6.45) is 1.33. The zero-order chi connectivity index (χ0) is 16.2. The quantitative estimate of drug-likeness (QED) is 0.592. The van der Waals surface area contributed by atoms with Gasteiger partial charge in [-0.25, -0.2) is 13.2 Å². The Kier molecular flexibility index (Phi) is 4.47. The minimum absolute atomic E-state index is 0.248. The second-order valence-corrected chi connectivity index (χ2v) is 5.43. The monoisotopic (exact) mass is 312 g/mol. The first-order valence-electron chi connectivity index (χ1n) is 7.41. The van der Waals surface area contributed by atoms with Crippen LogP contribution in [0, 0.1) is 17.5 Å². The predicted octanol–water partition coefficient (Wildman–Crippen LogP) is 5.56. The van der Waals surface area contributed by atoms with Gasteiger partial charge in [-0.1, -0.05) is 48.5 Å². The van der Waals surface area contributed by atoms with E-state index in [1.807, 2.05) is 24.3 Å². The first-order chi connectivity index (χ1) is 11.1. The highest BCUT2D eigenvalue weighted by atomic mass is 19.2. The van der Waals surface area contributed by atoms with Crippen molar-refractivity contribution in [1.82, 2.24) is 0 Å². The SMILES string of the molecule is Fc1ccc(CCc2ccc(-c3ccccc3F)cc2)cc1F. The molecule has 0 fully saturated rings. The maximum atomic E-state index is 13.7. The molecule has 0 aliphatic carbocycles. The Labute approximate surface area is 133 Å². The second kappa shape index (κ2) is 6.69. The van der Waals surface area contributed by atoms with Gasteiger partial charge in [-0.2, -0.15) is 0 Å². The van der Waals surface area contributed by atoms with Crippen LogP contribution >= 0.6 is 0 Å².